The van der Waals surface area contributed by atoms with Gasteiger partial charge in [0.1, 0.15) is 17.4 Å². The van der Waals surface area contributed by atoms with Crippen LogP contribution in [0.15, 0.2) is 48.5 Å². The highest BCUT2D eigenvalue weighted by atomic mass is 35.5. The highest BCUT2D eigenvalue weighted by molar-refractivity contribution is 6.33. The number of para-hydroxylation sites is 1. The summed E-state index contributed by atoms with van der Waals surface area (Å²) in [4.78, 5) is 43.1. The maximum atomic E-state index is 14.0. The molecule has 5 atom stereocenters. The smallest absolute Gasteiger partial charge is 0.250 e. The van der Waals surface area contributed by atoms with E-state index in [-0.39, 0.29) is 25.0 Å². The molecule has 0 saturated carbocycles. The average Bonchev–Trinajstić information content (AvgIpc) is 3.47. The van der Waals surface area contributed by atoms with Crippen molar-refractivity contribution in [1.29, 1.82) is 0 Å². The molecule has 10 heteroatoms. The van der Waals surface area contributed by atoms with Crippen LogP contribution >= 0.6 is 11.6 Å². The quantitative estimate of drug-likeness (QED) is 0.383. The van der Waals surface area contributed by atoms with Gasteiger partial charge in [-0.15, -0.1) is 0 Å². The van der Waals surface area contributed by atoms with Crippen LogP contribution in [0.2, 0.25) is 5.02 Å². The summed E-state index contributed by atoms with van der Waals surface area (Å²) in [7, 11) is 0. The molecule has 0 radical (unpaired) electrons. The zero-order chi connectivity index (χ0) is 27.8. The van der Waals surface area contributed by atoms with Crippen molar-refractivity contribution in [1.82, 2.24) is 4.90 Å². The van der Waals surface area contributed by atoms with E-state index in [1.165, 1.54) is 4.90 Å². The fourth-order valence-electron chi connectivity index (χ4n) is 6.55. The van der Waals surface area contributed by atoms with Gasteiger partial charge in [0.15, 0.2) is 0 Å². The van der Waals surface area contributed by atoms with E-state index in [4.69, 9.17) is 21.1 Å². The molecule has 0 aromatic heterocycles. The van der Waals surface area contributed by atoms with E-state index in [0.717, 1.165) is 0 Å². The van der Waals surface area contributed by atoms with Crippen molar-refractivity contribution in [3.63, 3.8) is 0 Å². The van der Waals surface area contributed by atoms with Crippen molar-refractivity contribution >= 4 is 40.7 Å². The molecule has 2 aromatic carbocycles. The number of nitrogens with zero attached hydrogens (tertiary/aromatic N) is 1. The number of aliphatic hydroxyl groups excluding tert-OH is 1. The minimum absolute atomic E-state index is 0.0191. The molecule has 3 N–H and O–H groups in total. The largest absolute Gasteiger partial charge is 0.494 e. The van der Waals surface area contributed by atoms with Crippen LogP contribution in [0.1, 0.15) is 39.5 Å². The van der Waals surface area contributed by atoms with Crippen LogP contribution in [0, 0.1) is 11.8 Å². The number of likely N-dealkylation sites (tertiary alicyclic amines) is 1. The lowest BCUT2D eigenvalue weighted by Gasteiger charge is -2.33. The number of unbranched alkanes of at least 4 members (excludes halogenated alkanes) is 1. The first-order valence-electron chi connectivity index (χ1n) is 13.4. The Morgan fingerprint density at radius 3 is 2.54 bits per heavy atom. The van der Waals surface area contributed by atoms with Crippen molar-refractivity contribution in [2.45, 2.75) is 56.8 Å². The van der Waals surface area contributed by atoms with E-state index in [1.54, 1.807) is 48.5 Å². The minimum Gasteiger partial charge on any atom is -0.494 e. The summed E-state index contributed by atoms with van der Waals surface area (Å²) in [6.45, 7) is 4.54. The Hall–Kier alpha value is -3.14. The Morgan fingerprint density at radius 2 is 1.85 bits per heavy atom. The van der Waals surface area contributed by atoms with Crippen LogP contribution < -0.4 is 15.4 Å². The fourth-order valence-corrected chi connectivity index (χ4v) is 6.73. The third-order valence-electron chi connectivity index (χ3n) is 8.18. The number of hydrogen-bond acceptors (Lipinski definition) is 6. The summed E-state index contributed by atoms with van der Waals surface area (Å²) >= 11 is 6.31. The molecule has 2 aromatic rings. The number of benzene rings is 2. The normalized spacial score (nSPS) is 28.9. The molecule has 3 aliphatic rings. The Balaban J connectivity index is 1.45. The van der Waals surface area contributed by atoms with E-state index in [9.17, 15) is 19.5 Å². The van der Waals surface area contributed by atoms with Gasteiger partial charge in [0.05, 0.1) is 34.8 Å². The van der Waals surface area contributed by atoms with E-state index in [2.05, 4.69) is 10.6 Å². The second kappa shape index (κ2) is 10.8. The van der Waals surface area contributed by atoms with Gasteiger partial charge in [0.25, 0.3) is 0 Å². The summed E-state index contributed by atoms with van der Waals surface area (Å²) in [5.74, 6) is -1.88. The molecule has 0 aliphatic carbocycles. The van der Waals surface area contributed by atoms with Crippen LogP contribution in [0.25, 0.3) is 0 Å². The number of aliphatic hydroxyl groups is 1. The molecule has 39 heavy (non-hydrogen) atoms. The number of ether oxygens (including phenoxy) is 2. The summed E-state index contributed by atoms with van der Waals surface area (Å²) in [5.41, 5.74) is -1.01. The van der Waals surface area contributed by atoms with Gasteiger partial charge >= 0.3 is 0 Å². The van der Waals surface area contributed by atoms with Crippen LogP contribution in [0.4, 0.5) is 11.4 Å². The first kappa shape index (κ1) is 27.4. The molecule has 1 spiro atoms. The number of anilines is 2. The molecule has 5 rings (SSSR count). The average molecular weight is 556 g/mol. The third-order valence-corrected chi connectivity index (χ3v) is 8.51. The minimum atomic E-state index is -1.14. The molecule has 3 heterocycles. The van der Waals surface area contributed by atoms with Crippen molar-refractivity contribution in [3.8, 4) is 5.75 Å². The Kier molecular flexibility index (Phi) is 7.59. The number of nitrogens with one attached hydrogen (secondary N) is 2. The van der Waals surface area contributed by atoms with Crippen molar-refractivity contribution in [3.05, 3.63) is 53.6 Å². The highest BCUT2D eigenvalue weighted by Crippen LogP contribution is 2.63. The maximum absolute atomic E-state index is 14.0. The van der Waals surface area contributed by atoms with Crippen molar-refractivity contribution in [2.75, 3.05) is 30.4 Å². The first-order chi connectivity index (χ1) is 18.7. The van der Waals surface area contributed by atoms with E-state index in [0.29, 0.717) is 54.4 Å². The molecule has 3 saturated heterocycles. The molecule has 3 amide bonds. The van der Waals surface area contributed by atoms with E-state index >= 15 is 0 Å². The number of halogens is 1. The van der Waals surface area contributed by atoms with E-state index in [1.807, 2.05) is 13.8 Å². The summed E-state index contributed by atoms with van der Waals surface area (Å²) < 4.78 is 12.1. The van der Waals surface area contributed by atoms with Crippen LogP contribution in [0.5, 0.6) is 5.75 Å². The van der Waals surface area contributed by atoms with E-state index < -0.39 is 35.0 Å². The summed E-state index contributed by atoms with van der Waals surface area (Å²) in [6, 6.07) is 13.0. The SMILES string of the molecule is CCOc1ccc(NC(=O)[C@H]2[C@H]3C(=O)N(CCCCO)C(C(=O)Nc4ccccc4Cl)C34CC[C@]2(C)O4)cc1. The van der Waals surface area contributed by atoms with Gasteiger partial charge in [-0.25, -0.2) is 0 Å². The van der Waals surface area contributed by atoms with Gasteiger partial charge in [0.2, 0.25) is 17.7 Å². The van der Waals surface area contributed by atoms with Gasteiger partial charge in [-0.2, -0.15) is 0 Å². The lowest BCUT2D eigenvalue weighted by atomic mass is 9.66. The summed E-state index contributed by atoms with van der Waals surface area (Å²) in [6.07, 6.45) is 2.02. The van der Waals surface area contributed by atoms with Gasteiger partial charge in [-0.3, -0.25) is 14.4 Å². The molecule has 2 unspecified atom stereocenters. The number of amides is 3. The second-order valence-corrected chi connectivity index (χ2v) is 11.0. The van der Waals surface area contributed by atoms with Crippen LogP contribution in [-0.2, 0) is 19.1 Å². The number of carbonyl (C=O) groups is 3. The Morgan fingerprint density at radius 1 is 1.10 bits per heavy atom. The van der Waals surface area contributed by atoms with Gasteiger partial charge in [-0.1, -0.05) is 23.7 Å². The molecule has 3 fully saturated rings. The van der Waals surface area contributed by atoms with Crippen LogP contribution in [-0.4, -0.2) is 64.7 Å². The maximum Gasteiger partial charge on any atom is 0.250 e. The molecular weight excluding hydrogens is 522 g/mol. The molecular formula is C29H34ClN3O6. The van der Waals surface area contributed by atoms with Crippen molar-refractivity contribution in [2.24, 2.45) is 11.8 Å². The van der Waals surface area contributed by atoms with Crippen LogP contribution in [0.3, 0.4) is 0 Å². The zero-order valence-electron chi connectivity index (χ0n) is 22.1. The van der Waals surface area contributed by atoms with Crippen molar-refractivity contribution < 1.29 is 29.0 Å². The predicted octanol–water partition coefficient (Wildman–Crippen LogP) is 3.85. The lowest BCUT2D eigenvalue weighted by molar-refractivity contribution is -0.143. The number of carbonyl (C=O) groups excluding carboxylic acids is 3. The molecule has 2 bridgehead atoms. The third kappa shape index (κ3) is 4.77. The number of fused-ring (bicyclic) bond motifs is 1. The molecule has 208 valence electrons. The number of rotatable bonds is 10. The number of hydrogen-bond donors (Lipinski definition) is 3. The monoisotopic (exact) mass is 555 g/mol. The van der Waals surface area contributed by atoms with Gasteiger partial charge < -0.3 is 30.1 Å². The predicted molar refractivity (Wildman–Crippen MR) is 147 cm³/mol. The molecule has 3 aliphatic heterocycles. The van der Waals surface area contributed by atoms with Gasteiger partial charge in [0, 0.05) is 18.8 Å². The molecule has 9 nitrogen and oxygen atoms in total. The van der Waals surface area contributed by atoms with Gasteiger partial charge in [-0.05, 0) is 75.9 Å². The highest BCUT2D eigenvalue weighted by Gasteiger charge is 2.77. The lowest BCUT2D eigenvalue weighted by Crippen LogP contribution is -2.53. The first-order valence-corrected chi connectivity index (χ1v) is 13.8. The summed E-state index contributed by atoms with van der Waals surface area (Å²) in [5, 5.41) is 15.6. The Bertz CT molecular complexity index is 1260. The second-order valence-electron chi connectivity index (χ2n) is 10.6. The zero-order valence-corrected chi connectivity index (χ0v) is 22.9. The topological polar surface area (TPSA) is 117 Å². The Labute approximate surface area is 232 Å². The fraction of sp³-hybridized carbons (Fsp3) is 0.483. The standard InChI is InChI=1S/C29H34ClN3O6/c1-3-38-19-12-10-18(11-13-19)31-25(35)22-23-27(37)33(16-6-7-17-34)24(29(23)15-14-28(22,2)39-29)26(36)32-21-9-5-4-8-20(21)30/h4-5,8-13,22-24,34H,3,6-7,14-17H2,1-2H3,(H,31,35)(H,32,36)/t22-,23+,24?,28+,29?/m1/s1.